The molecule has 0 aliphatic rings. The Hall–Kier alpha value is -0.700. The molecule has 0 rings (SSSR count). The number of aliphatic hydroxyl groups excluding tert-OH is 1. The second-order valence-corrected chi connectivity index (χ2v) is 5.17. The summed E-state index contributed by atoms with van der Waals surface area (Å²) in [5.41, 5.74) is 0. The van der Waals surface area contributed by atoms with Crippen LogP contribution in [-0.2, 0) is 28.4 Å². The zero-order chi connectivity index (χ0) is 18.3. The Morgan fingerprint density at radius 3 is 1.52 bits per heavy atom. The highest BCUT2D eigenvalue weighted by molar-refractivity contribution is 4.72. The van der Waals surface area contributed by atoms with Crippen LogP contribution in [0.4, 0.5) is 0 Å². The van der Waals surface area contributed by atoms with E-state index in [1.54, 1.807) is 6.26 Å². The monoisotopic (exact) mass is 364 g/mol. The maximum Gasteiger partial charge on any atom is 0.111 e. The van der Waals surface area contributed by atoms with Crippen molar-refractivity contribution < 1.29 is 33.5 Å². The van der Waals surface area contributed by atoms with Crippen LogP contribution in [0.3, 0.4) is 0 Å². The summed E-state index contributed by atoms with van der Waals surface area (Å²) in [5, 5.41) is 8.51. The van der Waals surface area contributed by atoms with Gasteiger partial charge in [0.25, 0.3) is 0 Å². The van der Waals surface area contributed by atoms with Crippen molar-refractivity contribution in [3.05, 3.63) is 12.3 Å². The maximum absolute atomic E-state index is 8.51. The molecule has 0 heterocycles. The molecule has 150 valence electrons. The molecule has 0 aliphatic heterocycles. The summed E-state index contributed by atoms with van der Waals surface area (Å²) in [6.45, 7) is 7.94. The van der Waals surface area contributed by atoms with Gasteiger partial charge in [-0.2, -0.15) is 0 Å². The van der Waals surface area contributed by atoms with Gasteiger partial charge in [0.15, 0.2) is 0 Å². The fraction of sp³-hybridized carbons (Fsp3) is 0.889. The number of hydrogen-bond acceptors (Lipinski definition) is 7. The Morgan fingerprint density at radius 2 is 1.08 bits per heavy atom. The summed E-state index contributed by atoms with van der Waals surface area (Å²) >= 11 is 0. The molecule has 1 N–H and O–H groups in total. The van der Waals surface area contributed by atoms with Gasteiger partial charge < -0.3 is 33.5 Å². The standard InChI is InChI=1S/C18H36O7/c1-2-3-4-5-7-20-9-11-22-13-15-24-17-18-25-16-14-23-12-10-21-8-6-19/h5,7,19H,2-4,6,8-18H2,1H3. The summed E-state index contributed by atoms with van der Waals surface area (Å²) in [6.07, 6.45) is 7.26. The zero-order valence-electron chi connectivity index (χ0n) is 15.7. The first-order chi connectivity index (χ1) is 12.4. The zero-order valence-corrected chi connectivity index (χ0v) is 15.7. The number of aliphatic hydroxyl groups is 1. The van der Waals surface area contributed by atoms with Crippen LogP contribution in [0.5, 0.6) is 0 Å². The van der Waals surface area contributed by atoms with Gasteiger partial charge in [-0.1, -0.05) is 13.3 Å². The van der Waals surface area contributed by atoms with Crippen molar-refractivity contribution in [1.29, 1.82) is 0 Å². The highest BCUT2D eigenvalue weighted by Crippen LogP contribution is 1.94. The van der Waals surface area contributed by atoms with Gasteiger partial charge >= 0.3 is 0 Å². The number of unbranched alkanes of at least 4 members (excludes halogenated alkanes) is 2. The molecular formula is C18H36O7. The molecule has 25 heavy (non-hydrogen) atoms. The predicted octanol–water partition coefficient (Wildman–Crippen LogP) is 1.78. The van der Waals surface area contributed by atoms with E-state index >= 15 is 0 Å². The van der Waals surface area contributed by atoms with E-state index in [4.69, 9.17) is 33.5 Å². The van der Waals surface area contributed by atoms with Crippen molar-refractivity contribution in [2.45, 2.75) is 26.2 Å². The summed E-state index contributed by atoms with van der Waals surface area (Å²) in [5.74, 6) is 0. The van der Waals surface area contributed by atoms with Gasteiger partial charge in [-0.3, -0.25) is 0 Å². The second-order valence-electron chi connectivity index (χ2n) is 5.17. The van der Waals surface area contributed by atoms with Crippen LogP contribution < -0.4 is 0 Å². The molecule has 0 aromatic carbocycles. The van der Waals surface area contributed by atoms with Crippen LogP contribution in [0.15, 0.2) is 12.3 Å². The highest BCUT2D eigenvalue weighted by atomic mass is 16.6. The fourth-order valence-electron chi connectivity index (χ4n) is 1.68. The van der Waals surface area contributed by atoms with Gasteiger partial charge in [-0.15, -0.1) is 0 Å². The van der Waals surface area contributed by atoms with Crippen molar-refractivity contribution >= 4 is 0 Å². The molecule has 0 atom stereocenters. The first-order valence-corrected chi connectivity index (χ1v) is 9.18. The maximum atomic E-state index is 8.51. The molecule has 0 bridgehead atoms. The Labute approximate surface area is 152 Å². The van der Waals surface area contributed by atoms with Gasteiger partial charge in [0, 0.05) is 0 Å². The summed E-state index contributed by atoms with van der Waals surface area (Å²) < 4.78 is 31.8. The SMILES string of the molecule is CCCCC=COCCOCCOCCOCCOCCOCCO. The van der Waals surface area contributed by atoms with Crippen molar-refractivity contribution in [1.82, 2.24) is 0 Å². The molecular weight excluding hydrogens is 328 g/mol. The minimum Gasteiger partial charge on any atom is -0.499 e. The molecule has 0 saturated carbocycles. The quantitative estimate of drug-likeness (QED) is 0.246. The van der Waals surface area contributed by atoms with Gasteiger partial charge in [0.1, 0.15) is 6.61 Å². The largest absolute Gasteiger partial charge is 0.499 e. The van der Waals surface area contributed by atoms with Gasteiger partial charge in [-0.05, 0) is 18.9 Å². The fourth-order valence-corrected chi connectivity index (χ4v) is 1.68. The van der Waals surface area contributed by atoms with E-state index < -0.39 is 0 Å². The van der Waals surface area contributed by atoms with Crippen LogP contribution in [0, 0.1) is 0 Å². The first kappa shape index (κ1) is 24.3. The molecule has 7 nitrogen and oxygen atoms in total. The highest BCUT2D eigenvalue weighted by Gasteiger charge is 1.93. The van der Waals surface area contributed by atoms with Crippen LogP contribution in [0.1, 0.15) is 26.2 Å². The Balaban J connectivity index is 2.99. The summed E-state index contributed by atoms with van der Waals surface area (Å²) in [7, 11) is 0. The van der Waals surface area contributed by atoms with Crippen molar-refractivity contribution in [2.75, 3.05) is 79.3 Å². The molecule has 0 fully saturated rings. The topological polar surface area (TPSA) is 75.6 Å². The molecule has 0 amide bonds. The second kappa shape index (κ2) is 23.3. The Kier molecular flexibility index (Phi) is 22.6. The lowest BCUT2D eigenvalue weighted by Crippen LogP contribution is -2.14. The molecule has 0 aromatic rings. The first-order valence-electron chi connectivity index (χ1n) is 9.18. The number of ether oxygens (including phenoxy) is 6. The number of hydrogen-bond donors (Lipinski definition) is 1. The number of rotatable bonds is 21. The predicted molar refractivity (Wildman–Crippen MR) is 95.8 cm³/mol. The molecule has 0 spiro atoms. The van der Waals surface area contributed by atoms with Crippen LogP contribution in [-0.4, -0.2) is 84.4 Å². The third-order valence-electron chi connectivity index (χ3n) is 2.99. The molecule has 7 heteroatoms. The third-order valence-corrected chi connectivity index (χ3v) is 2.99. The smallest absolute Gasteiger partial charge is 0.111 e. The minimum atomic E-state index is 0.0401. The van der Waals surface area contributed by atoms with Gasteiger partial charge in [0.05, 0.1) is 78.9 Å². The Morgan fingerprint density at radius 1 is 0.640 bits per heavy atom. The molecule has 0 unspecified atom stereocenters. The van der Waals surface area contributed by atoms with E-state index in [0.29, 0.717) is 72.7 Å². The molecule has 0 aromatic heterocycles. The lowest BCUT2D eigenvalue weighted by atomic mass is 10.2. The van der Waals surface area contributed by atoms with Crippen molar-refractivity contribution in [3.8, 4) is 0 Å². The molecule has 0 saturated heterocycles. The average molecular weight is 364 g/mol. The van der Waals surface area contributed by atoms with Gasteiger partial charge in [0.2, 0.25) is 0 Å². The summed E-state index contributed by atoms with van der Waals surface area (Å²) in [6, 6.07) is 0. The normalized spacial score (nSPS) is 11.4. The van der Waals surface area contributed by atoms with Crippen LogP contribution in [0.2, 0.25) is 0 Å². The molecule has 0 radical (unpaired) electrons. The molecule has 0 aliphatic carbocycles. The lowest BCUT2D eigenvalue weighted by Gasteiger charge is -2.07. The Bertz CT molecular complexity index is 262. The van der Waals surface area contributed by atoms with Crippen molar-refractivity contribution in [3.63, 3.8) is 0 Å². The van der Waals surface area contributed by atoms with Crippen LogP contribution in [0.25, 0.3) is 0 Å². The summed E-state index contributed by atoms with van der Waals surface area (Å²) in [4.78, 5) is 0. The van der Waals surface area contributed by atoms with E-state index in [2.05, 4.69) is 6.92 Å². The van der Waals surface area contributed by atoms with Crippen molar-refractivity contribution in [2.24, 2.45) is 0 Å². The van der Waals surface area contributed by atoms with E-state index in [-0.39, 0.29) is 6.61 Å². The van der Waals surface area contributed by atoms with E-state index in [0.717, 1.165) is 6.42 Å². The van der Waals surface area contributed by atoms with Gasteiger partial charge in [-0.25, -0.2) is 0 Å². The van der Waals surface area contributed by atoms with E-state index in [1.807, 2.05) is 6.08 Å². The van der Waals surface area contributed by atoms with E-state index in [9.17, 15) is 0 Å². The van der Waals surface area contributed by atoms with Crippen LogP contribution >= 0.6 is 0 Å². The number of allylic oxidation sites excluding steroid dienone is 1. The van der Waals surface area contributed by atoms with E-state index in [1.165, 1.54) is 12.8 Å². The third kappa shape index (κ3) is 23.3. The average Bonchev–Trinajstić information content (AvgIpc) is 2.63. The minimum absolute atomic E-state index is 0.0401. The lowest BCUT2D eigenvalue weighted by molar-refractivity contribution is -0.0155.